The highest BCUT2D eigenvalue weighted by Gasteiger charge is 2.34. The molecule has 0 amide bonds. The summed E-state index contributed by atoms with van der Waals surface area (Å²) >= 11 is 0. The smallest absolute Gasteiger partial charge is 0.214 e. The Labute approximate surface area is 136 Å². The molecule has 1 aliphatic rings. The van der Waals surface area contributed by atoms with Gasteiger partial charge < -0.3 is 14.5 Å². The minimum absolute atomic E-state index is 0.177. The van der Waals surface area contributed by atoms with Crippen molar-refractivity contribution in [2.75, 3.05) is 46.9 Å². The summed E-state index contributed by atoms with van der Waals surface area (Å²) in [5, 5.41) is 12.4. The zero-order chi connectivity index (χ0) is 16.1. The largest absolute Gasteiger partial charge is 0.383 e. The Morgan fingerprint density at radius 2 is 1.91 bits per heavy atom. The van der Waals surface area contributed by atoms with Crippen LogP contribution in [0.4, 0.5) is 0 Å². The zero-order valence-corrected chi connectivity index (χ0v) is 13.9. The first kappa shape index (κ1) is 16.0. The molecule has 3 rings (SSSR count). The van der Waals surface area contributed by atoms with E-state index in [1.54, 1.807) is 12.0 Å². The van der Waals surface area contributed by atoms with Gasteiger partial charge in [0.2, 0.25) is 5.82 Å². The maximum Gasteiger partial charge on any atom is 0.214 e. The van der Waals surface area contributed by atoms with E-state index in [2.05, 4.69) is 52.9 Å². The van der Waals surface area contributed by atoms with Crippen LogP contribution >= 0.6 is 0 Å². The molecule has 2 aromatic rings. The monoisotopic (exact) mass is 318 g/mol. The van der Waals surface area contributed by atoms with Gasteiger partial charge in [-0.05, 0) is 10.4 Å². The second-order valence-corrected chi connectivity index (χ2v) is 6.21. The summed E-state index contributed by atoms with van der Waals surface area (Å²) in [5.41, 5.74) is 1.27. The van der Waals surface area contributed by atoms with Gasteiger partial charge in [-0.25, -0.2) is 4.68 Å². The number of ether oxygens (including phenoxy) is 1. The molecule has 0 bridgehead atoms. The van der Waals surface area contributed by atoms with Crippen LogP contribution < -0.4 is 9.80 Å². The van der Waals surface area contributed by atoms with Crippen LogP contribution in [0.15, 0.2) is 30.3 Å². The van der Waals surface area contributed by atoms with Crippen molar-refractivity contribution in [2.45, 2.75) is 12.6 Å². The summed E-state index contributed by atoms with van der Waals surface area (Å²) < 4.78 is 7.08. The Morgan fingerprint density at radius 1 is 1.17 bits per heavy atom. The Morgan fingerprint density at radius 3 is 2.61 bits per heavy atom. The Kier molecular flexibility index (Phi) is 5.32. The molecule has 1 aliphatic heterocycles. The van der Waals surface area contributed by atoms with Crippen molar-refractivity contribution >= 4 is 0 Å². The fourth-order valence-corrected chi connectivity index (χ4v) is 3.25. The lowest BCUT2D eigenvalue weighted by atomic mass is 10.0. The zero-order valence-electron chi connectivity index (χ0n) is 13.9. The van der Waals surface area contributed by atoms with Crippen LogP contribution in [0.25, 0.3) is 0 Å². The SMILES string of the molecule is COCCn1nnnc1[C@H](c1ccccc1)[NH+]1CC[NH+](C)CC1. The van der Waals surface area contributed by atoms with Gasteiger partial charge in [-0.1, -0.05) is 30.3 Å². The van der Waals surface area contributed by atoms with Gasteiger partial charge in [-0.3, -0.25) is 0 Å². The molecule has 1 aromatic carbocycles. The van der Waals surface area contributed by atoms with E-state index in [0.717, 1.165) is 18.9 Å². The van der Waals surface area contributed by atoms with Crippen LogP contribution in [0.2, 0.25) is 0 Å². The topological polar surface area (TPSA) is 61.7 Å². The number of quaternary nitrogens is 2. The molecule has 1 fully saturated rings. The van der Waals surface area contributed by atoms with Crippen LogP contribution in [0.3, 0.4) is 0 Å². The summed E-state index contributed by atoms with van der Waals surface area (Å²) in [4.78, 5) is 3.13. The molecule has 7 nitrogen and oxygen atoms in total. The molecular formula is C16H26N6O+2. The summed E-state index contributed by atoms with van der Waals surface area (Å²) in [5.74, 6) is 0.933. The van der Waals surface area contributed by atoms with Gasteiger partial charge in [0.25, 0.3) is 0 Å². The molecule has 23 heavy (non-hydrogen) atoms. The van der Waals surface area contributed by atoms with Crippen molar-refractivity contribution in [3.63, 3.8) is 0 Å². The molecule has 2 heterocycles. The number of hydrogen-bond donors (Lipinski definition) is 2. The van der Waals surface area contributed by atoms with Crippen molar-refractivity contribution in [1.82, 2.24) is 20.2 Å². The number of nitrogens with one attached hydrogen (secondary N) is 2. The predicted octanol–water partition coefficient (Wildman–Crippen LogP) is -2.18. The maximum absolute atomic E-state index is 5.19. The number of rotatable bonds is 6. The van der Waals surface area contributed by atoms with E-state index in [1.165, 1.54) is 23.6 Å². The minimum Gasteiger partial charge on any atom is -0.383 e. The van der Waals surface area contributed by atoms with Crippen molar-refractivity contribution in [2.24, 2.45) is 0 Å². The third kappa shape index (κ3) is 3.74. The quantitative estimate of drug-likeness (QED) is 0.636. The van der Waals surface area contributed by atoms with E-state index < -0.39 is 0 Å². The van der Waals surface area contributed by atoms with Gasteiger partial charge >= 0.3 is 0 Å². The first-order chi connectivity index (χ1) is 11.3. The fourth-order valence-electron chi connectivity index (χ4n) is 3.25. The molecular weight excluding hydrogens is 292 g/mol. The van der Waals surface area contributed by atoms with Gasteiger partial charge in [0.15, 0.2) is 6.04 Å². The molecule has 0 spiro atoms. The highest BCUT2D eigenvalue weighted by atomic mass is 16.5. The first-order valence-corrected chi connectivity index (χ1v) is 8.25. The third-order valence-corrected chi connectivity index (χ3v) is 4.61. The molecule has 2 N–H and O–H groups in total. The maximum atomic E-state index is 5.19. The second kappa shape index (κ2) is 7.63. The van der Waals surface area contributed by atoms with Crippen molar-refractivity contribution in [3.05, 3.63) is 41.7 Å². The van der Waals surface area contributed by atoms with Crippen molar-refractivity contribution in [3.8, 4) is 0 Å². The van der Waals surface area contributed by atoms with Gasteiger partial charge in [0, 0.05) is 12.7 Å². The van der Waals surface area contributed by atoms with Gasteiger partial charge in [-0.2, -0.15) is 0 Å². The highest BCUT2D eigenvalue weighted by Crippen LogP contribution is 2.16. The molecule has 0 saturated carbocycles. The number of likely N-dealkylation sites (N-methyl/N-ethyl adjacent to an activating group) is 1. The van der Waals surface area contributed by atoms with Gasteiger partial charge in [0.05, 0.1) is 20.2 Å². The number of methoxy groups -OCH3 is 1. The standard InChI is InChI=1S/C16H24N6O/c1-20-8-10-21(11-9-20)15(14-6-4-3-5-7-14)16-17-18-19-22(16)12-13-23-2/h3-7,15H,8-13H2,1-2H3/p+2/t15-/m0/s1. The molecule has 0 radical (unpaired) electrons. The summed E-state index contributed by atoms with van der Waals surface area (Å²) in [6.07, 6.45) is 0. The average Bonchev–Trinajstić information content (AvgIpc) is 3.04. The van der Waals surface area contributed by atoms with Crippen molar-refractivity contribution < 1.29 is 14.5 Å². The lowest BCUT2D eigenvalue weighted by Crippen LogP contribution is -3.27. The molecule has 1 aromatic heterocycles. The Bertz CT molecular complexity index is 594. The van der Waals surface area contributed by atoms with E-state index in [4.69, 9.17) is 4.74 Å². The summed E-state index contributed by atoms with van der Waals surface area (Å²) in [6.45, 7) is 5.91. The lowest BCUT2D eigenvalue weighted by Gasteiger charge is -2.32. The summed E-state index contributed by atoms with van der Waals surface area (Å²) in [7, 11) is 3.96. The van der Waals surface area contributed by atoms with E-state index in [-0.39, 0.29) is 6.04 Å². The number of hydrogen-bond acceptors (Lipinski definition) is 4. The number of aromatic nitrogens is 4. The Balaban J connectivity index is 1.91. The van der Waals surface area contributed by atoms with E-state index in [1.807, 2.05) is 4.68 Å². The van der Waals surface area contributed by atoms with Gasteiger partial charge in [0.1, 0.15) is 26.2 Å². The highest BCUT2D eigenvalue weighted by molar-refractivity contribution is 5.22. The molecule has 1 atom stereocenters. The van der Waals surface area contributed by atoms with E-state index in [9.17, 15) is 0 Å². The molecule has 7 heteroatoms. The van der Waals surface area contributed by atoms with E-state index >= 15 is 0 Å². The molecule has 0 unspecified atom stereocenters. The van der Waals surface area contributed by atoms with Crippen LogP contribution in [0, 0.1) is 0 Å². The molecule has 1 saturated heterocycles. The number of benzene rings is 1. The van der Waals surface area contributed by atoms with Crippen LogP contribution in [0.1, 0.15) is 17.4 Å². The van der Waals surface area contributed by atoms with Crippen molar-refractivity contribution in [1.29, 1.82) is 0 Å². The van der Waals surface area contributed by atoms with Crippen LogP contribution in [-0.2, 0) is 11.3 Å². The van der Waals surface area contributed by atoms with E-state index in [0.29, 0.717) is 13.2 Å². The van der Waals surface area contributed by atoms with Crippen LogP contribution in [0.5, 0.6) is 0 Å². The predicted molar refractivity (Wildman–Crippen MR) is 85.3 cm³/mol. The summed E-state index contributed by atoms with van der Waals surface area (Å²) in [6, 6.07) is 10.8. The molecule has 0 aliphatic carbocycles. The average molecular weight is 318 g/mol. The van der Waals surface area contributed by atoms with Crippen LogP contribution in [-0.4, -0.2) is 67.2 Å². The number of nitrogens with zero attached hydrogens (tertiary/aromatic N) is 4. The lowest BCUT2D eigenvalue weighted by molar-refractivity contribution is -1.02. The van der Waals surface area contributed by atoms with Gasteiger partial charge in [-0.15, -0.1) is 5.10 Å². The minimum atomic E-state index is 0.177. The molecule has 124 valence electrons. The third-order valence-electron chi connectivity index (χ3n) is 4.61. The Hall–Kier alpha value is -1.83. The fraction of sp³-hybridized carbons (Fsp3) is 0.562. The number of piperazine rings is 1. The first-order valence-electron chi connectivity index (χ1n) is 8.25. The number of tetrazole rings is 1. The second-order valence-electron chi connectivity index (χ2n) is 6.21. The normalized spacial score (nSPS) is 22.9.